The molecule has 7 nitrogen and oxygen atoms in total. The van der Waals surface area contributed by atoms with Gasteiger partial charge in [-0.2, -0.15) is 0 Å². The Bertz CT molecular complexity index is 922. The Morgan fingerprint density at radius 1 is 1.12 bits per heavy atom. The summed E-state index contributed by atoms with van der Waals surface area (Å²) >= 11 is 6.19. The van der Waals surface area contributed by atoms with Crippen molar-refractivity contribution in [2.24, 2.45) is 5.92 Å². The van der Waals surface area contributed by atoms with Crippen LogP contribution in [0.5, 0.6) is 0 Å². The van der Waals surface area contributed by atoms with Gasteiger partial charge in [-0.25, -0.2) is 4.79 Å². The van der Waals surface area contributed by atoms with Crippen LogP contribution in [0.1, 0.15) is 47.9 Å². The van der Waals surface area contributed by atoms with Crippen LogP contribution in [0.2, 0.25) is 5.02 Å². The standard InChI is InChI=1S/C25H34ClN3O4/c1-17(2)13-22(27-3)16-28-24(30)20-9-5-7-18(14-20)23(19-8-6-10-21(26)15-19)33-12-11-29(4)25(31)32/h5-10,14-15,17,22-23,27H,11-13,16H2,1-4H3,(H,28,30)(H,31,32)/t22-,23?/m0/s1. The van der Waals surface area contributed by atoms with Gasteiger partial charge in [-0.05, 0) is 54.8 Å². The van der Waals surface area contributed by atoms with Gasteiger partial charge in [0.25, 0.3) is 5.91 Å². The molecule has 0 radical (unpaired) electrons. The summed E-state index contributed by atoms with van der Waals surface area (Å²) in [7, 11) is 3.39. The molecule has 0 bridgehead atoms. The predicted molar refractivity (Wildman–Crippen MR) is 131 cm³/mol. The number of halogens is 1. The number of ether oxygens (including phenoxy) is 1. The van der Waals surface area contributed by atoms with Crippen LogP contribution in [0.25, 0.3) is 0 Å². The summed E-state index contributed by atoms with van der Waals surface area (Å²) in [6.07, 6.45) is -0.551. The van der Waals surface area contributed by atoms with Gasteiger partial charge in [-0.15, -0.1) is 0 Å². The first-order chi connectivity index (χ1) is 15.7. The topological polar surface area (TPSA) is 90.9 Å². The van der Waals surface area contributed by atoms with E-state index in [0.717, 1.165) is 22.4 Å². The van der Waals surface area contributed by atoms with Gasteiger partial charge in [-0.3, -0.25) is 4.79 Å². The summed E-state index contributed by atoms with van der Waals surface area (Å²) in [6, 6.07) is 14.8. The highest BCUT2D eigenvalue weighted by molar-refractivity contribution is 6.30. The number of nitrogens with zero attached hydrogens (tertiary/aromatic N) is 1. The van der Waals surface area contributed by atoms with Crippen molar-refractivity contribution in [2.75, 3.05) is 33.8 Å². The molecule has 0 heterocycles. The number of carbonyl (C=O) groups excluding carboxylic acids is 1. The van der Waals surface area contributed by atoms with E-state index in [1.807, 2.05) is 37.4 Å². The first-order valence-corrected chi connectivity index (χ1v) is 11.5. The van der Waals surface area contributed by atoms with Crippen molar-refractivity contribution >= 4 is 23.6 Å². The van der Waals surface area contributed by atoms with Crippen LogP contribution < -0.4 is 10.6 Å². The van der Waals surface area contributed by atoms with Crippen molar-refractivity contribution in [3.63, 3.8) is 0 Å². The van der Waals surface area contributed by atoms with Crippen LogP contribution in [-0.2, 0) is 4.74 Å². The van der Waals surface area contributed by atoms with E-state index in [1.165, 1.54) is 7.05 Å². The second-order valence-corrected chi connectivity index (χ2v) is 8.90. The number of amides is 2. The molecule has 1 unspecified atom stereocenters. The molecule has 2 amide bonds. The second kappa shape index (κ2) is 13.2. The molecule has 0 spiro atoms. The van der Waals surface area contributed by atoms with Crippen LogP contribution in [0.15, 0.2) is 48.5 Å². The van der Waals surface area contributed by atoms with Crippen LogP contribution in [0.4, 0.5) is 4.79 Å². The van der Waals surface area contributed by atoms with Gasteiger partial charge in [0.15, 0.2) is 0 Å². The molecular formula is C25H34ClN3O4. The van der Waals surface area contributed by atoms with Gasteiger partial charge in [0.1, 0.15) is 6.10 Å². The molecule has 33 heavy (non-hydrogen) atoms. The minimum atomic E-state index is -1.02. The lowest BCUT2D eigenvalue weighted by Gasteiger charge is -2.22. The van der Waals surface area contributed by atoms with E-state index in [1.54, 1.807) is 18.2 Å². The number of carboxylic acid groups (broad SMARTS) is 1. The Hall–Kier alpha value is -2.61. The molecule has 0 aliphatic rings. The number of rotatable bonds is 12. The summed E-state index contributed by atoms with van der Waals surface area (Å²) in [5.74, 6) is 0.370. The lowest BCUT2D eigenvalue weighted by molar-refractivity contribution is 0.0634. The Morgan fingerprint density at radius 2 is 1.79 bits per heavy atom. The predicted octanol–water partition coefficient (Wildman–Crippen LogP) is 4.42. The number of carbonyl (C=O) groups is 2. The van der Waals surface area contributed by atoms with Crippen molar-refractivity contribution in [3.05, 3.63) is 70.2 Å². The number of nitrogens with one attached hydrogen (secondary N) is 2. The number of benzene rings is 2. The summed E-state index contributed by atoms with van der Waals surface area (Å²) in [4.78, 5) is 25.1. The molecule has 3 N–H and O–H groups in total. The Kier molecular flexibility index (Phi) is 10.6. The molecule has 2 atom stereocenters. The van der Waals surface area contributed by atoms with Crippen LogP contribution in [0, 0.1) is 5.92 Å². The van der Waals surface area contributed by atoms with Gasteiger partial charge < -0.3 is 25.4 Å². The molecule has 0 aromatic heterocycles. The summed E-state index contributed by atoms with van der Waals surface area (Å²) in [6.45, 7) is 5.25. The molecule has 2 aromatic rings. The Labute approximate surface area is 201 Å². The van der Waals surface area contributed by atoms with E-state index >= 15 is 0 Å². The molecule has 2 aromatic carbocycles. The number of hydrogen-bond donors (Lipinski definition) is 3. The zero-order valence-electron chi connectivity index (χ0n) is 19.7. The van der Waals surface area contributed by atoms with Crippen molar-refractivity contribution < 1.29 is 19.4 Å². The molecule has 0 saturated carbocycles. The van der Waals surface area contributed by atoms with E-state index in [9.17, 15) is 9.59 Å². The maximum atomic E-state index is 12.8. The highest BCUT2D eigenvalue weighted by atomic mass is 35.5. The second-order valence-electron chi connectivity index (χ2n) is 8.46. The van der Waals surface area contributed by atoms with Gasteiger partial charge in [-0.1, -0.05) is 49.7 Å². The summed E-state index contributed by atoms with van der Waals surface area (Å²) < 4.78 is 6.08. The average molecular weight is 476 g/mol. The minimum Gasteiger partial charge on any atom is -0.465 e. The van der Waals surface area contributed by atoms with E-state index in [4.69, 9.17) is 21.4 Å². The number of likely N-dealkylation sites (N-methyl/N-ethyl adjacent to an activating group) is 2. The van der Waals surface area contributed by atoms with E-state index in [-0.39, 0.29) is 25.1 Å². The van der Waals surface area contributed by atoms with Gasteiger partial charge in [0.05, 0.1) is 6.61 Å². The molecule has 8 heteroatoms. The Balaban J connectivity index is 2.19. The number of hydrogen-bond acceptors (Lipinski definition) is 4. The molecule has 0 saturated heterocycles. The largest absolute Gasteiger partial charge is 0.465 e. The van der Waals surface area contributed by atoms with Crippen LogP contribution in [0.3, 0.4) is 0 Å². The van der Waals surface area contributed by atoms with Crippen molar-refractivity contribution in [3.8, 4) is 0 Å². The average Bonchev–Trinajstić information content (AvgIpc) is 2.78. The van der Waals surface area contributed by atoms with E-state index in [0.29, 0.717) is 23.0 Å². The van der Waals surface area contributed by atoms with E-state index < -0.39 is 12.2 Å². The van der Waals surface area contributed by atoms with Gasteiger partial charge in [0, 0.05) is 36.8 Å². The fraction of sp³-hybridized carbons (Fsp3) is 0.440. The first kappa shape index (κ1) is 26.6. The fourth-order valence-corrected chi connectivity index (χ4v) is 3.69. The lowest BCUT2D eigenvalue weighted by Crippen LogP contribution is -2.40. The lowest BCUT2D eigenvalue weighted by atomic mass is 9.99. The molecule has 0 aliphatic heterocycles. The SMILES string of the molecule is CN[C@H](CNC(=O)c1cccc(C(OCCN(C)C(=O)O)c2cccc(Cl)c2)c1)CC(C)C. The zero-order chi connectivity index (χ0) is 24.4. The molecule has 0 aliphatic carbocycles. The first-order valence-electron chi connectivity index (χ1n) is 11.1. The van der Waals surface area contributed by atoms with Crippen molar-refractivity contribution in [1.29, 1.82) is 0 Å². The van der Waals surface area contributed by atoms with Crippen molar-refractivity contribution in [1.82, 2.24) is 15.5 Å². The highest BCUT2D eigenvalue weighted by Gasteiger charge is 2.19. The third-order valence-corrected chi connectivity index (χ3v) is 5.55. The summed E-state index contributed by atoms with van der Waals surface area (Å²) in [5, 5.41) is 15.9. The smallest absolute Gasteiger partial charge is 0.407 e. The molecular weight excluding hydrogens is 442 g/mol. The maximum Gasteiger partial charge on any atom is 0.407 e. The molecule has 0 fully saturated rings. The van der Waals surface area contributed by atoms with Gasteiger partial charge in [0.2, 0.25) is 0 Å². The highest BCUT2D eigenvalue weighted by Crippen LogP contribution is 2.28. The zero-order valence-corrected chi connectivity index (χ0v) is 20.4. The Morgan fingerprint density at radius 3 is 2.39 bits per heavy atom. The molecule has 2 rings (SSSR count). The van der Waals surface area contributed by atoms with Gasteiger partial charge >= 0.3 is 6.09 Å². The third kappa shape index (κ3) is 8.68. The quantitative estimate of drug-likeness (QED) is 0.422. The maximum absolute atomic E-state index is 12.8. The van der Waals surface area contributed by atoms with Crippen LogP contribution >= 0.6 is 11.6 Å². The fourth-order valence-electron chi connectivity index (χ4n) is 3.49. The monoisotopic (exact) mass is 475 g/mol. The normalized spacial score (nSPS) is 12.9. The van der Waals surface area contributed by atoms with Crippen molar-refractivity contribution in [2.45, 2.75) is 32.4 Å². The van der Waals surface area contributed by atoms with Crippen LogP contribution in [-0.4, -0.2) is 61.8 Å². The third-order valence-electron chi connectivity index (χ3n) is 5.31. The van der Waals surface area contributed by atoms with E-state index in [2.05, 4.69) is 24.5 Å². The molecule has 180 valence electrons. The minimum absolute atomic E-state index is 0.156. The summed E-state index contributed by atoms with van der Waals surface area (Å²) in [5.41, 5.74) is 2.14.